The van der Waals surface area contributed by atoms with E-state index in [1.165, 1.54) is 12.1 Å². The second-order valence-corrected chi connectivity index (χ2v) is 20.0. The van der Waals surface area contributed by atoms with Crippen molar-refractivity contribution in [3.05, 3.63) is 45.7 Å². The van der Waals surface area contributed by atoms with E-state index in [2.05, 4.69) is 33.1 Å². The summed E-state index contributed by atoms with van der Waals surface area (Å²) >= 11 is 1.14. The lowest BCUT2D eigenvalue weighted by Gasteiger charge is -2.40. The van der Waals surface area contributed by atoms with E-state index in [-0.39, 0.29) is 66.4 Å². The van der Waals surface area contributed by atoms with E-state index in [0.717, 1.165) is 62.8 Å². The Balaban J connectivity index is 2.03. The van der Waals surface area contributed by atoms with Crippen LogP contribution in [0.4, 0.5) is 14.9 Å². The Morgan fingerprint density at radius 2 is 1.77 bits per heavy atom. The van der Waals surface area contributed by atoms with Gasteiger partial charge in [0.05, 0.1) is 17.1 Å². The number of ether oxygens (including phenoxy) is 1. The lowest BCUT2D eigenvalue weighted by Crippen LogP contribution is -2.59. The lowest BCUT2D eigenvalue weighted by atomic mass is 9.84. The van der Waals surface area contributed by atoms with Gasteiger partial charge in [-0.05, 0) is 89.1 Å². The van der Waals surface area contributed by atoms with E-state index in [1.54, 1.807) is 25.3 Å². The number of halogens is 1. The quantitative estimate of drug-likeness (QED) is 0.0387. The van der Waals surface area contributed by atoms with Crippen molar-refractivity contribution in [1.29, 1.82) is 0 Å². The fraction of sp³-hybridized carbons (Fsp3) is 0.708. The molecule has 1 aliphatic rings. The average molecular weight is 931 g/mol. The van der Waals surface area contributed by atoms with Gasteiger partial charge in [0, 0.05) is 49.6 Å². The number of hydrogen-bond acceptors (Lipinski definition) is 11. The zero-order chi connectivity index (χ0) is 48.4. The van der Waals surface area contributed by atoms with Gasteiger partial charge in [-0.15, -0.1) is 11.3 Å². The van der Waals surface area contributed by atoms with Crippen molar-refractivity contribution in [3.8, 4) is 0 Å². The molecule has 0 unspecified atom stereocenters. The van der Waals surface area contributed by atoms with Crippen molar-refractivity contribution >= 4 is 46.8 Å². The molecule has 2 aromatic rings. The zero-order valence-corrected chi connectivity index (χ0v) is 41.5. The van der Waals surface area contributed by atoms with Gasteiger partial charge in [-0.3, -0.25) is 24.1 Å². The minimum Gasteiger partial charge on any atom is -0.481 e. The summed E-state index contributed by atoms with van der Waals surface area (Å²) in [6, 6.07) is 2.26. The number of nitrogen functional groups attached to an aromatic ring is 1. The largest absolute Gasteiger partial charge is 0.481 e. The van der Waals surface area contributed by atoms with Gasteiger partial charge in [0.2, 0.25) is 11.8 Å². The number of alkyl carbamates (subject to hydrolysis) is 1. The molecule has 4 amide bonds. The molecule has 1 aromatic carbocycles. The third-order valence-electron chi connectivity index (χ3n) is 12.5. The summed E-state index contributed by atoms with van der Waals surface area (Å²) in [5, 5.41) is 24.0. The number of carboxylic acids is 1. The van der Waals surface area contributed by atoms with E-state index < -0.39 is 53.4 Å². The standard InChI is InChI=1S/C48H79FN8O7S/c1-11-13-14-16-24-57(45(60)41(32(7)12-2)55-43(59)38-18-15-17-23-56(38)10)39(30(3)4)27-40(64-47(63)52-22-21-51-31(5)6)44-54-37(29-65-44)42(58)53-34(28-48(8,9)46(61)62)25-33-19-20-36(50)35(49)26-33/h19-20,26,29-32,34,38-41,51H,11-18,21-25,27-28,50H2,1-10H3,(H,52,63)(H,53,58)(H,55,59)(H,61,62)/t32-,34-,38+,39+,40+,41-/m0/s1. The van der Waals surface area contributed by atoms with Crippen molar-refractivity contribution in [2.45, 2.75) is 169 Å². The van der Waals surface area contributed by atoms with Crippen molar-refractivity contribution in [2.75, 3.05) is 39.0 Å². The number of thiazole rings is 1. The maximum absolute atomic E-state index is 15.1. The first kappa shape index (κ1) is 55.0. The van der Waals surface area contributed by atoms with Crippen LogP contribution in [0.3, 0.4) is 0 Å². The monoisotopic (exact) mass is 931 g/mol. The summed E-state index contributed by atoms with van der Waals surface area (Å²) in [6.45, 7) is 19.3. The maximum atomic E-state index is 15.1. The van der Waals surface area contributed by atoms with Crippen LogP contribution >= 0.6 is 11.3 Å². The fourth-order valence-electron chi connectivity index (χ4n) is 8.20. The molecule has 65 heavy (non-hydrogen) atoms. The molecule has 0 aliphatic carbocycles. The molecule has 0 bridgehead atoms. The Kier molecular flexibility index (Phi) is 22.6. The molecule has 17 heteroatoms. The topological polar surface area (TPSA) is 208 Å². The van der Waals surface area contributed by atoms with Gasteiger partial charge in [0.25, 0.3) is 5.91 Å². The van der Waals surface area contributed by atoms with Crippen LogP contribution in [0, 0.1) is 23.1 Å². The smallest absolute Gasteiger partial charge is 0.407 e. The van der Waals surface area contributed by atoms with Crippen LogP contribution in [0.5, 0.6) is 0 Å². The number of likely N-dealkylation sites (tertiary alicyclic amines) is 1. The number of likely N-dealkylation sites (N-methyl/N-ethyl adjacent to an activating group) is 1. The number of piperidine rings is 1. The molecule has 0 radical (unpaired) electrons. The van der Waals surface area contributed by atoms with Crippen LogP contribution in [0.25, 0.3) is 0 Å². The normalized spacial score (nSPS) is 16.9. The van der Waals surface area contributed by atoms with Crippen molar-refractivity contribution in [2.24, 2.45) is 17.3 Å². The van der Waals surface area contributed by atoms with E-state index in [0.29, 0.717) is 36.6 Å². The molecular weight excluding hydrogens is 852 g/mol. The molecule has 3 rings (SSSR count). The summed E-state index contributed by atoms with van der Waals surface area (Å²) in [5.41, 5.74) is 4.99. The van der Waals surface area contributed by atoms with Crippen LogP contribution in [-0.2, 0) is 25.5 Å². The van der Waals surface area contributed by atoms with Crippen molar-refractivity contribution in [3.63, 3.8) is 0 Å². The number of anilines is 1. The average Bonchev–Trinajstić information content (AvgIpc) is 3.75. The summed E-state index contributed by atoms with van der Waals surface area (Å²) in [4.78, 5) is 77.2. The fourth-order valence-corrected chi connectivity index (χ4v) is 9.04. The van der Waals surface area contributed by atoms with Crippen molar-refractivity contribution in [1.82, 2.24) is 36.1 Å². The molecule has 0 saturated carbocycles. The predicted molar refractivity (Wildman–Crippen MR) is 255 cm³/mol. The van der Waals surface area contributed by atoms with Gasteiger partial charge in [0.1, 0.15) is 22.6 Å². The van der Waals surface area contributed by atoms with Gasteiger partial charge >= 0.3 is 12.1 Å². The van der Waals surface area contributed by atoms with Gasteiger partial charge in [-0.2, -0.15) is 0 Å². The number of nitrogens with zero attached hydrogens (tertiary/aromatic N) is 3. The number of aromatic nitrogens is 1. The Hall–Kier alpha value is -4.35. The third-order valence-corrected chi connectivity index (χ3v) is 13.4. The van der Waals surface area contributed by atoms with Crippen LogP contribution in [0.15, 0.2) is 23.6 Å². The van der Waals surface area contributed by atoms with Gasteiger partial charge in [-0.25, -0.2) is 14.2 Å². The van der Waals surface area contributed by atoms with E-state index in [4.69, 9.17) is 15.5 Å². The molecule has 0 spiro atoms. The zero-order valence-electron chi connectivity index (χ0n) is 40.6. The number of amides is 4. The molecule has 2 heterocycles. The molecule has 366 valence electrons. The van der Waals surface area contributed by atoms with Gasteiger partial charge < -0.3 is 41.7 Å². The van der Waals surface area contributed by atoms with E-state index >= 15 is 4.79 Å². The first-order chi connectivity index (χ1) is 30.7. The van der Waals surface area contributed by atoms with Gasteiger partial charge in [-0.1, -0.05) is 86.6 Å². The van der Waals surface area contributed by atoms with Crippen LogP contribution < -0.4 is 27.0 Å². The summed E-state index contributed by atoms with van der Waals surface area (Å²) in [6.07, 6.45) is 5.68. The lowest BCUT2D eigenvalue weighted by molar-refractivity contribution is -0.147. The second kappa shape index (κ2) is 26.7. The number of rotatable bonds is 27. The SMILES string of the molecule is CCCCCCN(C(=O)[C@@H](NC(=O)[C@H]1CCCCN1C)[C@@H](C)CC)[C@H](C[C@@H](OC(=O)NCCNC(C)C)c1nc(C(=O)N[C@@H](Cc2ccc(N)c(F)c2)CC(C)(C)C(=O)O)cs1)C(C)C. The highest BCUT2D eigenvalue weighted by Crippen LogP contribution is 2.33. The highest BCUT2D eigenvalue weighted by Gasteiger charge is 2.39. The number of unbranched alkanes of at least 4 members (excludes halogenated alkanes) is 3. The molecule has 7 N–H and O–H groups in total. The minimum atomic E-state index is -1.23. The predicted octanol–water partition coefficient (Wildman–Crippen LogP) is 7.31. The Morgan fingerprint density at radius 1 is 1.05 bits per heavy atom. The molecule has 1 saturated heterocycles. The molecule has 1 aromatic heterocycles. The highest BCUT2D eigenvalue weighted by molar-refractivity contribution is 7.09. The number of aliphatic carboxylic acids is 1. The Bertz CT molecular complexity index is 1840. The molecule has 6 atom stereocenters. The minimum absolute atomic E-state index is 0.0265. The first-order valence-electron chi connectivity index (χ1n) is 23.7. The number of carbonyl (C=O) groups is 5. The Morgan fingerprint density at radius 3 is 2.38 bits per heavy atom. The van der Waals surface area contributed by atoms with Crippen LogP contribution in [0.1, 0.15) is 154 Å². The first-order valence-corrected chi connectivity index (χ1v) is 24.6. The van der Waals surface area contributed by atoms with Gasteiger partial charge in [0.15, 0.2) is 6.10 Å². The Labute approximate surface area is 391 Å². The third kappa shape index (κ3) is 17.4. The highest BCUT2D eigenvalue weighted by atomic mass is 32.1. The number of hydrogen-bond donors (Lipinski definition) is 6. The summed E-state index contributed by atoms with van der Waals surface area (Å²) < 4.78 is 20.6. The number of nitrogens with two attached hydrogens (primary N) is 1. The van der Waals surface area contributed by atoms with Crippen molar-refractivity contribution < 1.29 is 38.2 Å². The molecule has 1 fully saturated rings. The number of nitrogens with one attached hydrogen (secondary N) is 4. The molecular formula is C48H79FN8O7S. The number of benzene rings is 1. The summed E-state index contributed by atoms with van der Waals surface area (Å²) in [7, 11) is 1.95. The van der Waals surface area contributed by atoms with Crippen LogP contribution in [-0.4, -0.2) is 113 Å². The van der Waals surface area contributed by atoms with E-state index in [9.17, 15) is 28.7 Å². The number of carboxylic acid groups (broad SMARTS) is 1. The molecule has 1 aliphatic heterocycles. The van der Waals surface area contributed by atoms with E-state index in [1.807, 2.05) is 53.5 Å². The second-order valence-electron chi connectivity index (χ2n) is 19.1. The van der Waals surface area contributed by atoms with Crippen LogP contribution in [0.2, 0.25) is 0 Å². The number of carbonyl (C=O) groups excluding carboxylic acids is 4. The summed E-state index contributed by atoms with van der Waals surface area (Å²) in [5.74, 6) is -2.86. The maximum Gasteiger partial charge on any atom is 0.407 e. The molecule has 15 nitrogen and oxygen atoms in total.